The van der Waals surface area contributed by atoms with Gasteiger partial charge in [-0.25, -0.2) is 5.84 Å². The minimum Gasteiger partial charge on any atom is -0.497 e. The van der Waals surface area contributed by atoms with E-state index >= 15 is 0 Å². The number of nitrogens with one attached hydrogen (secondary N) is 1. The minimum absolute atomic E-state index is 0.131. The van der Waals surface area contributed by atoms with Gasteiger partial charge in [0.2, 0.25) is 5.91 Å². The lowest BCUT2D eigenvalue weighted by atomic mass is 10.2. The number of aryl methyl sites for hydroxylation is 1. The summed E-state index contributed by atoms with van der Waals surface area (Å²) in [5.74, 6) is 5.75. The van der Waals surface area contributed by atoms with E-state index in [9.17, 15) is 4.79 Å². The topological polar surface area (TPSA) is 69.3 Å². The van der Waals surface area contributed by atoms with Crippen LogP contribution < -0.4 is 16.0 Å². The number of amides is 1. The molecule has 0 bridgehead atoms. The van der Waals surface area contributed by atoms with Crippen molar-refractivity contribution in [3.05, 3.63) is 30.5 Å². The van der Waals surface area contributed by atoms with Crippen LogP contribution in [0.15, 0.2) is 30.5 Å². The van der Waals surface area contributed by atoms with Crippen molar-refractivity contribution in [2.75, 3.05) is 7.11 Å². The van der Waals surface area contributed by atoms with Crippen LogP contribution in [0.2, 0.25) is 0 Å². The highest BCUT2D eigenvalue weighted by atomic mass is 16.5. The Morgan fingerprint density at radius 1 is 1.44 bits per heavy atom. The molecule has 0 aliphatic rings. The lowest BCUT2D eigenvalue weighted by molar-refractivity contribution is -0.121. The molecule has 0 aliphatic carbocycles. The van der Waals surface area contributed by atoms with Crippen LogP contribution in [0.3, 0.4) is 0 Å². The fourth-order valence-electron chi connectivity index (χ4n) is 1.98. The van der Waals surface area contributed by atoms with Gasteiger partial charge in [0.15, 0.2) is 0 Å². The van der Waals surface area contributed by atoms with Crippen LogP contribution in [-0.2, 0) is 11.3 Å². The summed E-state index contributed by atoms with van der Waals surface area (Å²) in [6.45, 7) is 0.795. The predicted octanol–water partition coefficient (Wildman–Crippen LogP) is 1.42. The third kappa shape index (κ3) is 2.62. The normalized spacial score (nSPS) is 10.6. The average Bonchev–Trinajstić information content (AvgIpc) is 2.81. The summed E-state index contributed by atoms with van der Waals surface area (Å²) < 4.78 is 7.31. The second kappa shape index (κ2) is 5.55. The number of rotatable bonds is 5. The Bertz CT molecular complexity index is 548. The largest absolute Gasteiger partial charge is 0.497 e. The van der Waals surface area contributed by atoms with E-state index in [1.165, 1.54) is 0 Å². The summed E-state index contributed by atoms with van der Waals surface area (Å²) >= 11 is 0. The molecule has 2 rings (SSSR count). The van der Waals surface area contributed by atoms with E-state index in [1.54, 1.807) is 7.11 Å². The second-order valence-electron chi connectivity index (χ2n) is 4.10. The standard InChI is InChI=1S/C13H17N3O2/c1-18-11-4-5-12-10(9-11)6-8-16(12)7-2-3-13(17)15-14/h4-6,8-9H,2-3,7,14H2,1H3,(H,15,17). The van der Waals surface area contributed by atoms with Crippen molar-refractivity contribution < 1.29 is 9.53 Å². The van der Waals surface area contributed by atoms with Crippen LogP contribution >= 0.6 is 0 Å². The number of aromatic nitrogens is 1. The molecular formula is C13H17N3O2. The highest BCUT2D eigenvalue weighted by Gasteiger charge is 2.03. The lowest BCUT2D eigenvalue weighted by Crippen LogP contribution is -2.29. The van der Waals surface area contributed by atoms with Crippen molar-refractivity contribution in [1.82, 2.24) is 9.99 Å². The van der Waals surface area contributed by atoms with Crippen molar-refractivity contribution in [3.8, 4) is 5.75 Å². The summed E-state index contributed by atoms with van der Waals surface area (Å²) in [5.41, 5.74) is 3.28. The summed E-state index contributed by atoms with van der Waals surface area (Å²) in [6, 6.07) is 8.00. The zero-order chi connectivity index (χ0) is 13.0. The van der Waals surface area contributed by atoms with E-state index < -0.39 is 0 Å². The third-order valence-electron chi connectivity index (χ3n) is 2.94. The van der Waals surface area contributed by atoms with E-state index in [4.69, 9.17) is 10.6 Å². The molecule has 18 heavy (non-hydrogen) atoms. The molecule has 1 aromatic heterocycles. The van der Waals surface area contributed by atoms with Gasteiger partial charge in [-0.1, -0.05) is 0 Å². The molecule has 0 fully saturated rings. The average molecular weight is 247 g/mol. The smallest absolute Gasteiger partial charge is 0.233 e. The first-order valence-electron chi connectivity index (χ1n) is 5.87. The van der Waals surface area contributed by atoms with E-state index in [-0.39, 0.29) is 5.91 Å². The van der Waals surface area contributed by atoms with Gasteiger partial charge < -0.3 is 9.30 Å². The SMILES string of the molecule is COc1ccc2c(ccn2CCCC(=O)NN)c1. The molecule has 1 aromatic carbocycles. The second-order valence-corrected chi connectivity index (χ2v) is 4.10. The van der Waals surface area contributed by atoms with Gasteiger partial charge in [0.05, 0.1) is 7.11 Å². The number of ether oxygens (including phenoxy) is 1. The fraction of sp³-hybridized carbons (Fsp3) is 0.308. The highest BCUT2D eigenvalue weighted by Crippen LogP contribution is 2.22. The van der Waals surface area contributed by atoms with Crippen LogP contribution in [-0.4, -0.2) is 17.6 Å². The Balaban J connectivity index is 2.07. The zero-order valence-electron chi connectivity index (χ0n) is 10.3. The van der Waals surface area contributed by atoms with E-state index in [2.05, 4.69) is 9.99 Å². The number of nitrogens with two attached hydrogens (primary N) is 1. The minimum atomic E-state index is -0.131. The molecule has 0 saturated carbocycles. The summed E-state index contributed by atoms with van der Waals surface area (Å²) in [5, 5.41) is 1.14. The Labute approximate surface area is 105 Å². The van der Waals surface area contributed by atoms with Crippen LogP contribution in [0, 0.1) is 0 Å². The number of methoxy groups -OCH3 is 1. The maximum Gasteiger partial charge on any atom is 0.233 e. The Morgan fingerprint density at radius 3 is 3.00 bits per heavy atom. The first-order valence-corrected chi connectivity index (χ1v) is 5.87. The molecular weight excluding hydrogens is 230 g/mol. The molecule has 0 atom stereocenters. The Hall–Kier alpha value is -2.01. The van der Waals surface area contributed by atoms with Gasteiger partial charge in [0.1, 0.15) is 5.75 Å². The molecule has 0 saturated heterocycles. The molecule has 0 radical (unpaired) electrons. The summed E-state index contributed by atoms with van der Waals surface area (Å²) in [6.07, 6.45) is 3.22. The maximum atomic E-state index is 11.0. The molecule has 1 amide bonds. The number of benzene rings is 1. The molecule has 5 heteroatoms. The predicted molar refractivity (Wildman–Crippen MR) is 70.1 cm³/mol. The number of hydrogen-bond acceptors (Lipinski definition) is 3. The lowest BCUT2D eigenvalue weighted by Gasteiger charge is -2.06. The Kier molecular flexibility index (Phi) is 3.84. The number of hydrogen-bond donors (Lipinski definition) is 2. The number of hydrazine groups is 1. The first kappa shape index (κ1) is 12.4. The number of nitrogens with zero attached hydrogens (tertiary/aromatic N) is 1. The molecule has 0 unspecified atom stereocenters. The van der Waals surface area contributed by atoms with Gasteiger partial charge in [-0.3, -0.25) is 10.2 Å². The van der Waals surface area contributed by atoms with Gasteiger partial charge >= 0.3 is 0 Å². The molecule has 2 aromatic rings. The van der Waals surface area contributed by atoms with Crippen molar-refractivity contribution in [3.63, 3.8) is 0 Å². The van der Waals surface area contributed by atoms with Gasteiger partial charge in [-0.05, 0) is 30.7 Å². The molecule has 3 N–H and O–H groups in total. The van der Waals surface area contributed by atoms with Crippen LogP contribution in [0.5, 0.6) is 5.75 Å². The number of fused-ring (bicyclic) bond motifs is 1. The van der Waals surface area contributed by atoms with Crippen LogP contribution in [0.25, 0.3) is 10.9 Å². The molecule has 96 valence electrons. The van der Waals surface area contributed by atoms with Gasteiger partial charge in [0.25, 0.3) is 0 Å². The van der Waals surface area contributed by atoms with Crippen molar-refractivity contribution in [1.29, 1.82) is 0 Å². The van der Waals surface area contributed by atoms with Crippen molar-refractivity contribution in [2.24, 2.45) is 5.84 Å². The van der Waals surface area contributed by atoms with Crippen LogP contribution in [0.4, 0.5) is 0 Å². The van der Waals surface area contributed by atoms with Gasteiger partial charge in [0, 0.05) is 30.1 Å². The number of carbonyl (C=O) groups is 1. The zero-order valence-corrected chi connectivity index (χ0v) is 10.3. The monoisotopic (exact) mass is 247 g/mol. The van der Waals surface area contributed by atoms with E-state index in [0.29, 0.717) is 6.42 Å². The van der Waals surface area contributed by atoms with Crippen molar-refractivity contribution in [2.45, 2.75) is 19.4 Å². The molecule has 0 spiro atoms. The van der Waals surface area contributed by atoms with Crippen molar-refractivity contribution >= 4 is 16.8 Å². The quantitative estimate of drug-likeness (QED) is 0.477. The fourth-order valence-corrected chi connectivity index (χ4v) is 1.98. The molecule has 0 aliphatic heterocycles. The molecule has 5 nitrogen and oxygen atoms in total. The number of carbonyl (C=O) groups excluding carboxylic acids is 1. The van der Waals surface area contributed by atoms with Gasteiger partial charge in [-0.15, -0.1) is 0 Å². The first-order chi connectivity index (χ1) is 8.74. The Morgan fingerprint density at radius 2 is 2.28 bits per heavy atom. The van der Waals surface area contributed by atoms with Gasteiger partial charge in [-0.2, -0.15) is 0 Å². The maximum absolute atomic E-state index is 11.0. The van der Waals surface area contributed by atoms with E-state index in [1.807, 2.05) is 30.5 Å². The summed E-state index contributed by atoms with van der Waals surface area (Å²) in [4.78, 5) is 11.0. The highest BCUT2D eigenvalue weighted by molar-refractivity contribution is 5.81. The molecule has 1 heterocycles. The van der Waals surface area contributed by atoms with Crippen LogP contribution in [0.1, 0.15) is 12.8 Å². The van der Waals surface area contributed by atoms with E-state index in [0.717, 1.165) is 29.6 Å². The summed E-state index contributed by atoms with van der Waals surface area (Å²) in [7, 11) is 1.66. The third-order valence-corrected chi connectivity index (χ3v) is 2.94.